The van der Waals surface area contributed by atoms with Crippen molar-refractivity contribution in [2.24, 2.45) is 5.92 Å². The molecule has 1 N–H and O–H groups in total. The molecule has 0 amide bonds. The van der Waals surface area contributed by atoms with E-state index in [4.69, 9.17) is 11.6 Å². The monoisotopic (exact) mass is 302 g/mol. The average molecular weight is 303 g/mol. The molecule has 1 aliphatic heterocycles. The van der Waals surface area contributed by atoms with Gasteiger partial charge in [0.25, 0.3) is 0 Å². The molecule has 1 aromatic rings. The zero-order valence-electron chi connectivity index (χ0n) is 11.2. The van der Waals surface area contributed by atoms with Crippen molar-refractivity contribution < 1.29 is 8.42 Å². The van der Waals surface area contributed by atoms with E-state index in [0.717, 1.165) is 18.5 Å². The number of hydrogen-bond donors (Lipinski definition) is 1. The van der Waals surface area contributed by atoms with Crippen LogP contribution in [0.4, 0.5) is 0 Å². The second-order valence-corrected chi connectivity index (χ2v) is 7.33. The fraction of sp³-hybridized carbons (Fsp3) is 0.538. The minimum Gasteiger partial charge on any atom is -0.319 e. The van der Waals surface area contributed by atoms with E-state index in [1.807, 2.05) is 7.05 Å². The SMILES string of the molecule is CNCC1CCN(S(=O)(=O)c2cc(Cl)ccc2C)C1. The van der Waals surface area contributed by atoms with Gasteiger partial charge in [0.05, 0.1) is 4.90 Å². The zero-order chi connectivity index (χ0) is 14.0. The van der Waals surface area contributed by atoms with Gasteiger partial charge in [-0.05, 0) is 50.6 Å². The summed E-state index contributed by atoms with van der Waals surface area (Å²) in [4.78, 5) is 0.324. The summed E-state index contributed by atoms with van der Waals surface area (Å²) < 4.78 is 26.8. The summed E-state index contributed by atoms with van der Waals surface area (Å²) in [6, 6.07) is 5.00. The predicted molar refractivity (Wildman–Crippen MR) is 77.0 cm³/mol. The Morgan fingerprint density at radius 1 is 1.47 bits per heavy atom. The van der Waals surface area contributed by atoms with Crippen LogP contribution in [0.3, 0.4) is 0 Å². The van der Waals surface area contributed by atoms with E-state index in [1.54, 1.807) is 23.4 Å². The van der Waals surface area contributed by atoms with E-state index in [1.165, 1.54) is 6.07 Å². The second-order valence-electron chi connectivity index (χ2n) is 4.99. The number of aryl methyl sites for hydroxylation is 1. The number of sulfonamides is 1. The maximum atomic E-state index is 12.6. The second kappa shape index (κ2) is 5.79. The minimum absolute atomic E-state index is 0.324. The van der Waals surface area contributed by atoms with Gasteiger partial charge in [0.2, 0.25) is 10.0 Å². The van der Waals surface area contributed by atoms with Crippen LogP contribution in [0.2, 0.25) is 5.02 Å². The first kappa shape index (κ1) is 14.8. The van der Waals surface area contributed by atoms with Gasteiger partial charge in [-0.2, -0.15) is 4.31 Å². The van der Waals surface area contributed by atoms with Gasteiger partial charge in [-0.3, -0.25) is 0 Å². The molecule has 2 rings (SSSR count). The fourth-order valence-electron chi connectivity index (χ4n) is 2.46. The summed E-state index contributed by atoms with van der Waals surface area (Å²) in [5.74, 6) is 0.388. The first-order valence-electron chi connectivity index (χ1n) is 6.36. The molecule has 6 heteroatoms. The summed E-state index contributed by atoms with van der Waals surface area (Å²) in [5.41, 5.74) is 0.737. The van der Waals surface area contributed by atoms with Gasteiger partial charge < -0.3 is 5.32 Å². The maximum absolute atomic E-state index is 12.6. The van der Waals surface area contributed by atoms with Crippen molar-refractivity contribution in [1.82, 2.24) is 9.62 Å². The molecule has 0 aliphatic carbocycles. The quantitative estimate of drug-likeness (QED) is 0.924. The lowest BCUT2D eigenvalue weighted by Crippen LogP contribution is -2.30. The lowest BCUT2D eigenvalue weighted by molar-refractivity contribution is 0.451. The molecule has 106 valence electrons. The standard InChI is InChI=1S/C13H19ClN2O2S/c1-10-3-4-12(14)7-13(10)19(17,18)16-6-5-11(9-16)8-15-2/h3-4,7,11,15H,5-6,8-9H2,1-2H3. The van der Waals surface area contributed by atoms with Gasteiger partial charge in [-0.1, -0.05) is 17.7 Å². The van der Waals surface area contributed by atoms with Crippen LogP contribution in [0, 0.1) is 12.8 Å². The van der Waals surface area contributed by atoms with Gasteiger partial charge in [0, 0.05) is 18.1 Å². The minimum atomic E-state index is -3.42. The van der Waals surface area contributed by atoms with Crippen molar-refractivity contribution in [2.75, 3.05) is 26.7 Å². The van der Waals surface area contributed by atoms with Crippen LogP contribution in [0.1, 0.15) is 12.0 Å². The van der Waals surface area contributed by atoms with Crippen molar-refractivity contribution in [3.05, 3.63) is 28.8 Å². The first-order valence-corrected chi connectivity index (χ1v) is 8.18. The summed E-state index contributed by atoms with van der Waals surface area (Å²) in [7, 11) is -1.53. The Morgan fingerprint density at radius 3 is 2.89 bits per heavy atom. The molecule has 0 bridgehead atoms. The van der Waals surface area contributed by atoms with Gasteiger partial charge in [-0.15, -0.1) is 0 Å². The third-order valence-electron chi connectivity index (χ3n) is 3.51. The van der Waals surface area contributed by atoms with Crippen LogP contribution < -0.4 is 5.32 Å². The Bertz CT molecular complexity index is 560. The van der Waals surface area contributed by atoms with E-state index in [9.17, 15) is 8.42 Å². The summed E-state index contributed by atoms with van der Waals surface area (Å²) >= 11 is 5.91. The summed E-state index contributed by atoms with van der Waals surface area (Å²) in [6.07, 6.45) is 0.902. The molecule has 0 saturated carbocycles. The maximum Gasteiger partial charge on any atom is 0.243 e. The lowest BCUT2D eigenvalue weighted by Gasteiger charge is -2.18. The average Bonchev–Trinajstić information content (AvgIpc) is 2.82. The number of nitrogens with one attached hydrogen (secondary N) is 1. The Hall–Kier alpha value is -0.620. The van der Waals surface area contributed by atoms with Crippen molar-refractivity contribution >= 4 is 21.6 Å². The fourth-order valence-corrected chi connectivity index (χ4v) is 4.48. The Kier molecular flexibility index (Phi) is 4.50. The van der Waals surface area contributed by atoms with Gasteiger partial charge in [-0.25, -0.2) is 8.42 Å². The van der Waals surface area contributed by atoms with E-state index < -0.39 is 10.0 Å². The Morgan fingerprint density at radius 2 is 2.21 bits per heavy atom. The molecule has 4 nitrogen and oxygen atoms in total. The smallest absolute Gasteiger partial charge is 0.243 e. The third-order valence-corrected chi connectivity index (χ3v) is 5.75. The van der Waals surface area contributed by atoms with Gasteiger partial charge >= 0.3 is 0 Å². The van der Waals surface area contributed by atoms with Crippen LogP contribution >= 0.6 is 11.6 Å². The lowest BCUT2D eigenvalue weighted by atomic mass is 10.1. The van der Waals surface area contributed by atoms with E-state index >= 15 is 0 Å². The number of hydrogen-bond acceptors (Lipinski definition) is 3. The third kappa shape index (κ3) is 3.11. The molecule has 1 saturated heterocycles. The molecule has 1 unspecified atom stereocenters. The van der Waals surface area contributed by atoms with Crippen LogP contribution in [0.15, 0.2) is 23.1 Å². The Balaban J connectivity index is 2.26. The van der Waals surface area contributed by atoms with Crippen molar-refractivity contribution in [2.45, 2.75) is 18.2 Å². The molecule has 1 heterocycles. The number of nitrogens with zero attached hydrogens (tertiary/aromatic N) is 1. The van der Waals surface area contributed by atoms with Crippen LogP contribution in [0.25, 0.3) is 0 Å². The predicted octanol–water partition coefficient (Wildman–Crippen LogP) is 1.88. The van der Waals surface area contributed by atoms with Crippen molar-refractivity contribution in [3.63, 3.8) is 0 Å². The number of benzene rings is 1. The highest BCUT2D eigenvalue weighted by atomic mass is 35.5. The normalized spacial score (nSPS) is 20.9. The molecule has 0 radical (unpaired) electrons. The molecule has 1 aromatic carbocycles. The molecule has 19 heavy (non-hydrogen) atoms. The van der Waals surface area contributed by atoms with E-state index in [0.29, 0.717) is 28.9 Å². The molecule has 0 spiro atoms. The van der Waals surface area contributed by atoms with Gasteiger partial charge in [0.15, 0.2) is 0 Å². The highest BCUT2D eigenvalue weighted by molar-refractivity contribution is 7.89. The molecule has 0 aromatic heterocycles. The molecule has 1 fully saturated rings. The van der Waals surface area contributed by atoms with E-state index in [-0.39, 0.29) is 0 Å². The molecule has 1 atom stereocenters. The van der Waals surface area contributed by atoms with Crippen LogP contribution in [-0.4, -0.2) is 39.4 Å². The largest absolute Gasteiger partial charge is 0.319 e. The number of halogens is 1. The molecular formula is C13H19ClN2O2S. The molecule has 1 aliphatic rings. The van der Waals surface area contributed by atoms with E-state index in [2.05, 4.69) is 5.32 Å². The summed E-state index contributed by atoms with van der Waals surface area (Å²) in [6.45, 7) is 3.81. The van der Waals surface area contributed by atoms with Crippen LogP contribution in [0.5, 0.6) is 0 Å². The Labute approximate surface area is 119 Å². The zero-order valence-corrected chi connectivity index (χ0v) is 12.8. The summed E-state index contributed by atoms with van der Waals surface area (Å²) in [5, 5.41) is 3.55. The van der Waals surface area contributed by atoms with Crippen molar-refractivity contribution in [1.29, 1.82) is 0 Å². The molecular weight excluding hydrogens is 284 g/mol. The first-order chi connectivity index (χ1) is 8.95. The van der Waals surface area contributed by atoms with Crippen LogP contribution in [-0.2, 0) is 10.0 Å². The highest BCUT2D eigenvalue weighted by Crippen LogP contribution is 2.27. The number of rotatable bonds is 4. The van der Waals surface area contributed by atoms with Crippen molar-refractivity contribution in [3.8, 4) is 0 Å². The highest BCUT2D eigenvalue weighted by Gasteiger charge is 2.33. The topological polar surface area (TPSA) is 49.4 Å². The van der Waals surface area contributed by atoms with Gasteiger partial charge in [0.1, 0.15) is 0 Å².